The van der Waals surface area contributed by atoms with E-state index in [2.05, 4.69) is 25.2 Å². The summed E-state index contributed by atoms with van der Waals surface area (Å²) in [7, 11) is 1.99. The van der Waals surface area contributed by atoms with Crippen molar-refractivity contribution in [3.63, 3.8) is 0 Å². The molecule has 8 heteroatoms. The predicted molar refractivity (Wildman–Crippen MR) is 112 cm³/mol. The van der Waals surface area contributed by atoms with Crippen molar-refractivity contribution >= 4 is 33.3 Å². The van der Waals surface area contributed by atoms with Gasteiger partial charge in [0.2, 0.25) is 0 Å². The third kappa shape index (κ3) is 4.45. The van der Waals surface area contributed by atoms with Gasteiger partial charge in [-0.25, -0.2) is 9.97 Å². The lowest BCUT2D eigenvalue weighted by molar-refractivity contribution is 0.0917. The van der Waals surface area contributed by atoms with Crippen LogP contribution < -0.4 is 10.2 Å². The minimum Gasteiger partial charge on any atom is -0.391 e. The molecule has 0 aliphatic carbocycles. The number of fused-ring (bicyclic) bond motifs is 1. The molecule has 1 amide bonds. The van der Waals surface area contributed by atoms with Crippen molar-refractivity contribution < 1.29 is 9.90 Å². The monoisotopic (exact) mass is 399 g/mol. The van der Waals surface area contributed by atoms with Gasteiger partial charge in [0.05, 0.1) is 16.4 Å². The van der Waals surface area contributed by atoms with E-state index in [-0.39, 0.29) is 12.5 Å². The highest BCUT2D eigenvalue weighted by molar-refractivity contribution is 7.20. The molecule has 0 aliphatic rings. The maximum atomic E-state index is 12.6. The van der Waals surface area contributed by atoms with Gasteiger partial charge in [-0.3, -0.25) is 9.78 Å². The van der Waals surface area contributed by atoms with Gasteiger partial charge in [0.25, 0.3) is 5.91 Å². The van der Waals surface area contributed by atoms with Gasteiger partial charge >= 0.3 is 0 Å². The molecular formula is C20H25N5O2S. The largest absolute Gasteiger partial charge is 0.391 e. The quantitative estimate of drug-likeness (QED) is 0.605. The first-order valence-electron chi connectivity index (χ1n) is 9.32. The number of thiophene rings is 1. The van der Waals surface area contributed by atoms with Crippen molar-refractivity contribution in [2.75, 3.05) is 25.0 Å². The van der Waals surface area contributed by atoms with Gasteiger partial charge in [-0.1, -0.05) is 13.0 Å². The summed E-state index contributed by atoms with van der Waals surface area (Å²) in [6.07, 6.45) is 4.19. The first-order chi connectivity index (χ1) is 13.5. The Morgan fingerprint density at radius 1 is 1.32 bits per heavy atom. The number of nitrogens with zero attached hydrogens (tertiary/aromatic N) is 4. The van der Waals surface area contributed by atoms with Crippen LogP contribution >= 0.6 is 11.3 Å². The van der Waals surface area contributed by atoms with Gasteiger partial charge in [0.15, 0.2) is 0 Å². The lowest BCUT2D eigenvalue weighted by Gasteiger charge is -2.19. The average Bonchev–Trinajstić information content (AvgIpc) is 3.07. The number of hydrogen-bond acceptors (Lipinski definition) is 7. The average molecular weight is 400 g/mol. The summed E-state index contributed by atoms with van der Waals surface area (Å²) in [6.45, 7) is 4.79. The van der Waals surface area contributed by atoms with E-state index >= 15 is 0 Å². The van der Waals surface area contributed by atoms with Crippen LogP contribution in [0.2, 0.25) is 0 Å². The van der Waals surface area contributed by atoms with Crippen LogP contribution in [0.1, 0.15) is 34.3 Å². The van der Waals surface area contributed by atoms with E-state index in [1.165, 1.54) is 17.7 Å². The second kappa shape index (κ2) is 9.07. The molecule has 3 heterocycles. The van der Waals surface area contributed by atoms with Crippen LogP contribution in [0.5, 0.6) is 0 Å². The minimum atomic E-state index is -0.535. The Morgan fingerprint density at radius 2 is 2.14 bits per heavy atom. The van der Waals surface area contributed by atoms with E-state index in [0.29, 0.717) is 11.3 Å². The highest BCUT2D eigenvalue weighted by Crippen LogP contribution is 2.34. The standard InChI is InChI=1S/C20H25N5O2S/c1-4-15(26)11-22-19(27)17-13(2)16-18(23-12-24-20(16)28-17)25(3)10-8-14-7-5-6-9-21-14/h5-7,9,12,15,26H,4,8,10-11H2,1-3H3,(H,22,27). The smallest absolute Gasteiger partial charge is 0.261 e. The molecule has 1 unspecified atom stereocenters. The number of rotatable bonds is 8. The first-order valence-corrected chi connectivity index (χ1v) is 10.1. The highest BCUT2D eigenvalue weighted by Gasteiger charge is 2.21. The van der Waals surface area contributed by atoms with Crippen LogP contribution in [0, 0.1) is 6.92 Å². The SMILES string of the molecule is CCC(O)CNC(=O)c1sc2ncnc(N(C)CCc3ccccn3)c2c1C. The molecule has 0 spiro atoms. The Balaban J connectivity index is 1.81. The molecular weight excluding hydrogens is 374 g/mol. The summed E-state index contributed by atoms with van der Waals surface area (Å²) in [4.78, 5) is 29.2. The van der Waals surface area contributed by atoms with Gasteiger partial charge in [0.1, 0.15) is 17.0 Å². The highest BCUT2D eigenvalue weighted by atomic mass is 32.1. The van der Waals surface area contributed by atoms with E-state index in [0.717, 1.165) is 40.3 Å². The molecule has 0 fully saturated rings. The lowest BCUT2D eigenvalue weighted by atomic mass is 10.1. The molecule has 3 aromatic rings. The van der Waals surface area contributed by atoms with Crippen LogP contribution in [0.25, 0.3) is 10.2 Å². The van der Waals surface area contributed by atoms with Crippen molar-refractivity contribution in [2.45, 2.75) is 32.8 Å². The maximum absolute atomic E-state index is 12.6. The Morgan fingerprint density at radius 3 is 2.86 bits per heavy atom. The second-order valence-corrected chi connectivity index (χ2v) is 7.70. The zero-order chi connectivity index (χ0) is 20.1. The Labute approximate surface area is 168 Å². The second-order valence-electron chi connectivity index (χ2n) is 6.70. The van der Waals surface area contributed by atoms with E-state index < -0.39 is 6.10 Å². The van der Waals surface area contributed by atoms with Crippen LogP contribution in [0.15, 0.2) is 30.7 Å². The normalized spacial score (nSPS) is 12.1. The molecule has 0 saturated heterocycles. The fourth-order valence-corrected chi connectivity index (χ4v) is 3.99. The summed E-state index contributed by atoms with van der Waals surface area (Å²) >= 11 is 1.35. The molecule has 7 nitrogen and oxygen atoms in total. The van der Waals surface area contributed by atoms with Crippen LogP contribution in [0.3, 0.4) is 0 Å². The molecule has 0 aliphatic heterocycles. The molecule has 0 radical (unpaired) electrons. The number of nitrogens with one attached hydrogen (secondary N) is 1. The predicted octanol–water partition coefficient (Wildman–Crippen LogP) is 2.57. The summed E-state index contributed by atoms with van der Waals surface area (Å²) < 4.78 is 0. The number of aliphatic hydroxyl groups excluding tert-OH is 1. The van der Waals surface area contributed by atoms with E-state index in [4.69, 9.17) is 0 Å². The number of anilines is 1. The van der Waals surface area contributed by atoms with Gasteiger partial charge in [-0.15, -0.1) is 11.3 Å². The molecule has 3 rings (SSSR count). The van der Waals surface area contributed by atoms with E-state index in [9.17, 15) is 9.90 Å². The molecule has 0 saturated carbocycles. The number of aromatic nitrogens is 3. The number of pyridine rings is 1. The third-order valence-corrected chi connectivity index (χ3v) is 5.87. The Kier molecular flexibility index (Phi) is 6.53. The van der Waals surface area contributed by atoms with Gasteiger partial charge in [0, 0.05) is 38.4 Å². The number of hydrogen-bond donors (Lipinski definition) is 2. The van der Waals surface area contributed by atoms with Crippen molar-refractivity contribution in [1.29, 1.82) is 0 Å². The molecule has 0 aromatic carbocycles. The minimum absolute atomic E-state index is 0.185. The Bertz CT molecular complexity index is 944. The van der Waals surface area contributed by atoms with Crippen LogP contribution in [-0.4, -0.2) is 52.2 Å². The van der Waals surface area contributed by atoms with Crippen molar-refractivity contribution in [1.82, 2.24) is 20.3 Å². The third-order valence-electron chi connectivity index (χ3n) is 4.67. The number of aliphatic hydroxyl groups is 1. The molecule has 3 aromatic heterocycles. The number of carbonyl (C=O) groups excluding carboxylic acids is 1. The van der Waals surface area contributed by atoms with Gasteiger partial charge < -0.3 is 15.3 Å². The summed E-state index contributed by atoms with van der Waals surface area (Å²) in [5, 5.41) is 13.4. The fraction of sp³-hybridized carbons (Fsp3) is 0.400. The van der Waals surface area contributed by atoms with Crippen molar-refractivity contribution in [3.05, 3.63) is 46.9 Å². The van der Waals surface area contributed by atoms with Crippen LogP contribution in [-0.2, 0) is 6.42 Å². The first kappa shape index (κ1) is 20.2. The number of aryl methyl sites for hydroxylation is 1. The summed E-state index contributed by atoms with van der Waals surface area (Å²) in [5.41, 5.74) is 1.89. The zero-order valence-corrected chi connectivity index (χ0v) is 17.2. The summed E-state index contributed by atoms with van der Waals surface area (Å²) in [5.74, 6) is 0.623. The topological polar surface area (TPSA) is 91.2 Å². The Hall–Kier alpha value is -2.58. The number of carbonyl (C=O) groups is 1. The van der Waals surface area contributed by atoms with Gasteiger partial charge in [-0.2, -0.15) is 0 Å². The molecule has 28 heavy (non-hydrogen) atoms. The zero-order valence-electron chi connectivity index (χ0n) is 16.3. The van der Waals surface area contributed by atoms with Crippen molar-refractivity contribution in [2.24, 2.45) is 0 Å². The fourth-order valence-electron chi connectivity index (χ4n) is 2.93. The van der Waals surface area contributed by atoms with Gasteiger partial charge in [-0.05, 0) is 31.0 Å². The lowest BCUT2D eigenvalue weighted by Crippen LogP contribution is -2.31. The maximum Gasteiger partial charge on any atom is 0.261 e. The van der Waals surface area contributed by atoms with E-state index in [1.54, 1.807) is 6.20 Å². The summed E-state index contributed by atoms with van der Waals surface area (Å²) in [6, 6.07) is 5.89. The molecule has 148 valence electrons. The molecule has 2 N–H and O–H groups in total. The number of likely N-dealkylation sites (N-methyl/N-ethyl adjacent to an activating group) is 1. The number of amides is 1. The van der Waals surface area contributed by atoms with Crippen LogP contribution in [0.4, 0.5) is 5.82 Å². The van der Waals surface area contributed by atoms with Crippen molar-refractivity contribution in [3.8, 4) is 0 Å². The molecule has 0 bridgehead atoms. The van der Waals surface area contributed by atoms with E-state index in [1.807, 2.05) is 39.1 Å². The molecule has 1 atom stereocenters.